The number of likely N-dealkylation sites (N-methyl/N-ethyl adjacent to an activating group) is 1. The van der Waals surface area contributed by atoms with Crippen molar-refractivity contribution < 1.29 is 9.90 Å². The molecule has 0 aliphatic heterocycles. The second kappa shape index (κ2) is 10.3. The lowest BCUT2D eigenvalue weighted by molar-refractivity contribution is -0.119. The molecule has 0 saturated carbocycles. The van der Waals surface area contributed by atoms with Gasteiger partial charge in [-0.25, -0.2) is 0 Å². The van der Waals surface area contributed by atoms with Crippen LogP contribution in [0.1, 0.15) is 31.7 Å². The fraction of sp³-hybridized carbons (Fsp3) is 0.588. The minimum absolute atomic E-state index is 0.130. The number of carbonyl (C=O) groups is 1. The fourth-order valence-corrected chi connectivity index (χ4v) is 2.40. The lowest BCUT2D eigenvalue weighted by Crippen LogP contribution is -2.45. The number of benzene rings is 1. The summed E-state index contributed by atoms with van der Waals surface area (Å²) >= 11 is 0. The van der Waals surface area contributed by atoms with E-state index in [-0.39, 0.29) is 17.6 Å². The number of phenolic OH excluding ortho intramolecular Hbond substituents is 1. The third-order valence-electron chi connectivity index (χ3n) is 3.89. The molecule has 5 nitrogen and oxygen atoms in total. The summed E-state index contributed by atoms with van der Waals surface area (Å²) < 4.78 is 0. The number of unbranched alkanes of at least 4 members (excludes halogenated alkanes) is 1. The summed E-state index contributed by atoms with van der Waals surface area (Å²) in [5.41, 5.74) is 6.55. The molecule has 0 spiro atoms. The van der Waals surface area contributed by atoms with E-state index in [1.165, 1.54) is 0 Å². The smallest absolute Gasteiger partial charge is 0.147 e. The van der Waals surface area contributed by atoms with Crippen LogP contribution in [0.15, 0.2) is 24.3 Å². The van der Waals surface area contributed by atoms with E-state index < -0.39 is 0 Å². The Hall–Kier alpha value is -1.43. The Morgan fingerprint density at radius 3 is 2.50 bits per heavy atom. The van der Waals surface area contributed by atoms with Crippen molar-refractivity contribution in [2.24, 2.45) is 5.73 Å². The summed E-state index contributed by atoms with van der Waals surface area (Å²) in [4.78, 5) is 11.8. The normalized spacial score (nSPS) is 13.8. The quantitative estimate of drug-likeness (QED) is 0.461. The Labute approximate surface area is 133 Å². The van der Waals surface area contributed by atoms with Crippen molar-refractivity contribution in [3.8, 4) is 5.75 Å². The monoisotopic (exact) mass is 307 g/mol. The number of hydrogen-bond acceptors (Lipinski definition) is 5. The van der Waals surface area contributed by atoms with Crippen molar-refractivity contribution in [1.29, 1.82) is 0 Å². The van der Waals surface area contributed by atoms with Crippen molar-refractivity contribution in [2.75, 3.05) is 20.1 Å². The molecule has 5 N–H and O–H groups in total. The van der Waals surface area contributed by atoms with Crippen LogP contribution < -0.4 is 16.4 Å². The Balaban J connectivity index is 2.49. The molecule has 124 valence electrons. The molecule has 0 heterocycles. The minimum atomic E-state index is -0.199. The van der Waals surface area contributed by atoms with Crippen molar-refractivity contribution in [2.45, 2.75) is 44.7 Å². The van der Waals surface area contributed by atoms with E-state index in [9.17, 15) is 9.90 Å². The van der Waals surface area contributed by atoms with Crippen LogP contribution in [0.5, 0.6) is 5.75 Å². The van der Waals surface area contributed by atoms with Gasteiger partial charge in [0.15, 0.2) is 0 Å². The summed E-state index contributed by atoms with van der Waals surface area (Å²) in [6, 6.07) is 7.14. The largest absolute Gasteiger partial charge is 0.508 e. The standard InChI is InChI=1S/C17H29N3O2/c1-13(21)17(11-14-6-8-16(22)9-7-14)20-12-15(19-2)5-3-4-10-18/h6-9,15,17,19-20,22H,3-5,10-12,18H2,1-2H3. The Morgan fingerprint density at radius 1 is 1.27 bits per heavy atom. The third kappa shape index (κ3) is 7.02. The maximum atomic E-state index is 11.8. The number of rotatable bonds is 11. The Morgan fingerprint density at radius 2 is 1.95 bits per heavy atom. The molecule has 2 atom stereocenters. The molecule has 22 heavy (non-hydrogen) atoms. The van der Waals surface area contributed by atoms with Crippen LogP contribution in [0.4, 0.5) is 0 Å². The highest BCUT2D eigenvalue weighted by atomic mass is 16.3. The van der Waals surface area contributed by atoms with E-state index in [0.717, 1.165) is 37.9 Å². The molecule has 0 aliphatic rings. The summed E-state index contributed by atoms with van der Waals surface area (Å²) in [7, 11) is 1.94. The third-order valence-corrected chi connectivity index (χ3v) is 3.89. The number of nitrogens with one attached hydrogen (secondary N) is 2. The van der Waals surface area contributed by atoms with E-state index in [1.807, 2.05) is 19.2 Å². The molecule has 1 rings (SSSR count). The van der Waals surface area contributed by atoms with Crippen molar-refractivity contribution >= 4 is 5.78 Å². The molecule has 1 aromatic carbocycles. The van der Waals surface area contributed by atoms with Crippen LogP contribution in [0.3, 0.4) is 0 Å². The molecule has 0 aliphatic carbocycles. The van der Waals surface area contributed by atoms with Crippen molar-refractivity contribution in [3.05, 3.63) is 29.8 Å². The molecule has 0 radical (unpaired) electrons. The van der Waals surface area contributed by atoms with Crippen LogP contribution in [0.2, 0.25) is 0 Å². The second-order valence-corrected chi connectivity index (χ2v) is 5.71. The van der Waals surface area contributed by atoms with Crippen LogP contribution in [0, 0.1) is 0 Å². The average molecular weight is 307 g/mol. The molecular weight excluding hydrogens is 278 g/mol. The molecule has 0 amide bonds. The van der Waals surface area contributed by atoms with Crippen LogP contribution in [0.25, 0.3) is 0 Å². The van der Waals surface area contributed by atoms with Crippen molar-refractivity contribution in [1.82, 2.24) is 10.6 Å². The van der Waals surface area contributed by atoms with Crippen molar-refractivity contribution in [3.63, 3.8) is 0 Å². The first-order valence-corrected chi connectivity index (χ1v) is 7.96. The van der Waals surface area contributed by atoms with Gasteiger partial charge in [0, 0.05) is 12.6 Å². The number of Topliss-reactive ketones (excluding diaryl/α,β-unsaturated/α-hetero) is 1. The molecular formula is C17H29N3O2. The molecule has 0 saturated heterocycles. The second-order valence-electron chi connectivity index (χ2n) is 5.71. The number of ketones is 1. The van der Waals surface area contributed by atoms with E-state index in [1.54, 1.807) is 19.1 Å². The molecule has 0 aromatic heterocycles. The molecule has 1 aromatic rings. The van der Waals surface area contributed by atoms with E-state index in [2.05, 4.69) is 10.6 Å². The van der Waals surface area contributed by atoms with Crippen LogP contribution >= 0.6 is 0 Å². The first-order chi connectivity index (χ1) is 10.6. The number of nitrogens with two attached hydrogens (primary N) is 1. The first-order valence-electron chi connectivity index (χ1n) is 7.96. The predicted molar refractivity (Wildman–Crippen MR) is 90.0 cm³/mol. The van der Waals surface area contributed by atoms with Gasteiger partial charge in [-0.05, 0) is 57.5 Å². The predicted octanol–water partition coefficient (Wildman–Crippen LogP) is 1.20. The van der Waals surface area contributed by atoms with Gasteiger partial charge in [0.1, 0.15) is 11.5 Å². The van der Waals surface area contributed by atoms with E-state index in [0.29, 0.717) is 12.5 Å². The van der Waals surface area contributed by atoms with Gasteiger partial charge < -0.3 is 21.5 Å². The van der Waals surface area contributed by atoms with Crippen LogP contribution in [-0.2, 0) is 11.2 Å². The highest BCUT2D eigenvalue weighted by Crippen LogP contribution is 2.12. The molecule has 2 unspecified atom stereocenters. The van der Waals surface area contributed by atoms with Gasteiger partial charge in [0.2, 0.25) is 0 Å². The van der Waals surface area contributed by atoms with Gasteiger partial charge in [0.25, 0.3) is 0 Å². The SMILES string of the molecule is CNC(CCCCN)CNC(Cc1ccc(O)cc1)C(C)=O. The van der Waals surface area contributed by atoms with E-state index in [4.69, 9.17) is 5.73 Å². The maximum Gasteiger partial charge on any atom is 0.147 e. The van der Waals surface area contributed by atoms with Crippen LogP contribution in [-0.4, -0.2) is 43.1 Å². The maximum absolute atomic E-state index is 11.8. The zero-order valence-corrected chi connectivity index (χ0v) is 13.6. The average Bonchev–Trinajstić information content (AvgIpc) is 2.51. The van der Waals surface area contributed by atoms with Gasteiger partial charge in [-0.3, -0.25) is 4.79 Å². The lowest BCUT2D eigenvalue weighted by atomic mass is 10.0. The minimum Gasteiger partial charge on any atom is -0.508 e. The summed E-state index contributed by atoms with van der Waals surface area (Å²) in [5, 5.41) is 15.9. The molecule has 0 bridgehead atoms. The summed E-state index contributed by atoms with van der Waals surface area (Å²) in [6.45, 7) is 3.09. The van der Waals surface area contributed by atoms with Gasteiger partial charge in [-0.2, -0.15) is 0 Å². The highest BCUT2D eigenvalue weighted by molar-refractivity contribution is 5.81. The number of hydrogen-bond donors (Lipinski definition) is 4. The molecule has 5 heteroatoms. The number of carbonyl (C=O) groups excluding carboxylic acids is 1. The Kier molecular flexibility index (Phi) is 8.74. The summed E-state index contributed by atoms with van der Waals surface area (Å²) in [6.07, 6.45) is 3.80. The first kappa shape index (κ1) is 18.6. The molecule has 0 fully saturated rings. The highest BCUT2D eigenvalue weighted by Gasteiger charge is 2.16. The lowest BCUT2D eigenvalue weighted by Gasteiger charge is -2.21. The number of phenols is 1. The van der Waals surface area contributed by atoms with Gasteiger partial charge in [-0.15, -0.1) is 0 Å². The fourth-order valence-electron chi connectivity index (χ4n) is 2.40. The Bertz CT molecular complexity index is 434. The topological polar surface area (TPSA) is 87.4 Å². The summed E-state index contributed by atoms with van der Waals surface area (Å²) in [5.74, 6) is 0.371. The zero-order valence-electron chi connectivity index (χ0n) is 13.6. The number of aromatic hydroxyl groups is 1. The van der Waals surface area contributed by atoms with E-state index >= 15 is 0 Å². The van der Waals surface area contributed by atoms with Gasteiger partial charge in [0.05, 0.1) is 6.04 Å². The zero-order chi connectivity index (χ0) is 16.4. The van der Waals surface area contributed by atoms with Gasteiger partial charge in [-0.1, -0.05) is 18.6 Å². The van der Waals surface area contributed by atoms with Gasteiger partial charge >= 0.3 is 0 Å².